The topological polar surface area (TPSA) is 37.4 Å². The summed E-state index contributed by atoms with van der Waals surface area (Å²) in [5, 5.41) is 0.977. The van der Waals surface area contributed by atoms with E-state index < -0.39 is 10.0 Å². The zero-order valence-electron chi connectivity index (χ0n) is 11.1. The van der Waals surface area contributed by atoms with E-state index in [-0.39, 0.29) is 16.5 Å². The lowest BCUT2D eigenvalue weighted by Crippen LogP contribution is -2.30. The van der Waals surface area contributed by atoms with Crippen molar-refractivity contribution in [3.63, 3.8) is 0 Å². The van der Waals surface area contributed by atoms with Gasteiger partial charge in [-0.1, -0.05) is 34.8 Å². The molecule has 0 spiro atoms. The van der Waals surface area contributed by atoms with Crippen LogP contribution in [-0.2, 0) is 10.0 Å². The van der Waals surface area contributed by atoms with Gasteiger partial charge in [0.05, 0.1) is 10.7 Å². The second-order valence-electron chi connectivity index (χ2n) is 4.22. The summed E-state index contributed by atoms with van der Waals surface area (Å²) in [5.74, 6) is 0. The summed E-state index contributed by atoms with van der Waals surface area (Å²) in [6.07, 6.45) is 0. The number of sulfonamides is 1. The van der Waals surface area contributed by atoms with Gasteiger partial charge < -0.3 is 0 Å². The van der Waals surface area contributed by atoms with Crippen LogP contribution in [-0.4, -0.2) is 15.0 Å². The molecule has 0 fully saturated rings. The second kappa shape index (κ2) is 6.44. The van der Waals surface area contributed by atoms with Crippen LogP contribution in [0.4, 0.5) is 5.69 Å². The van der Waals surface area contributed by atoms with Crippen molar-refractivity contribution in [3.8, 4) is 0 Å². The van der Waals surface area contributed by atoms with E-state index >= 15 is 0 Å². The minimum Gasteiger partial charge on any atom is -0.267 e. The molecule has 7 heteroatoms. The number of nitrogens with zero attached hydrogens (tertiary/aromatic N) is 1. The average molecular weight is 365 g/mol. The molecule has 0 bridgehead atoms. The monoisotopic (exact) mass is 363 g/mol. The van der Waals surface area contributed by atoms with Crippen molar-refractivity contribution in [2.75, 3.05) is 10.8 Å². The molecule has 0 aliphatic carbocycles. The Hall–Kier alpha value is -0.940. The first kappa shape index (κ1) is 16.4. The van der Waals surface area contributed by atoms with Gasteiger partial charge in [0, 0.05) is 16.6 Å². The van der Waals surface area contributed by atoms with Crippen molar-refractivity contribution in [1.82, 2.24) is 0 Å². The molecular formula is C14H12Cl3NO2S. The summed E-state index contributed by atoms with van der Waals surface area (Å²) < 4.78 is 26.8. The van der Waals surface area contributed by atoms with Crippen molar-refractivity contribution >= 4 is 50.5 Å². The Bertz CT molecular complexity index is 745. The molecule has 0 amide bonds. The molecule has 0 N–H and O–H groups in total. The molecule has 3 nitrogen and oxygen atoms in total. The van der Waals surface area contributed by atoms with Crippen molar-refractivity contribution < 1.29 is 8.42 Å². The third-order valence-electron chi connectivity index (χ3n) is 2.86. The molecule has 0 aliphatic heterocycles. The molecule has 0 aromatic heterocycles. The number of hydrogen-bond acceptors (Lipinski definition) is 2. The molecular weight excluding hydrogens is 353 g/mol. The molecule has 0 atom stereocenters. The maximum absolute atomic E-state index is 12.8. The van der Waals surface area contributed by atoms with E-state index in [2.05, 4.69) is 0 Å². The summed E-state index contributed by atoms with van der Waals surface area (Å²) in [7, 11) is -3.80. The summed E-state index contributed by atoms with van der Waals surface area (Å²) >= 11 is 17.7. The minimum absolute atomic E-state index is 0.0199. The van der Waals surface area contributed by atoms with Gasteiger partial charge in [0.2, 0.25) is 0 Å². The minimum atomic E-state index is -3.80. The van der Waals surface area contributed by atoms with Crippen molar-refractivity contribution in [3.05, 3.63) is 57.5 Å². The van der Waals surface area contributed by atoms with Gasteiger partial charge >= 0.3 is 0 Å². The number of benzene rings is 2. The maximum atomic E-state index is 12.8. The molecule has 112 valence electrons. The number of rotatable bonds is 4. The van der Waals surface area contributed by atoms with Gasteiger partial charge in [0.15, 0.2) is 0 Å². The highest BCUT2D eigenvalue weighted by Gasteiger charge is 2.26. The largest absolute Gasteiger partial charge is 0.267 e. The van der Waals surface area contributed by atoms with Crippen LogP contribution in [0.25, 0.3) is 0 Å². The van der Waals surface area contributed by atoms with Crippen LogP contribution in [0, 0.1) is 0 Å². The van der Waals surface area contributed by atoms with E-state index in [0.717, 1.165) is 0 Å². The number of halogens is 3. The van der Waals surface area contributed by atoms with Gasteiger partial charge in [-0.25, -0.2) is 8.42 Å². The fourth-order valence-electron chi connectivity index (χ4n) is 1.89. The van der Waals surface area contributed by atoms with E-state index in [0.29, 0.717) is 15.7 Å². The first-order valence-corrected chi connectivity index (χ1v) is 8.67. The van der Waals surface area contributed by atoms with Crippen molar-refractivity contribution in [2.45, 2.75) is 11.8 Å². The SMILES string of the molecule is CCN(c1ccc(Cl)cc1)S(=O)(=O)c1cc(Cl)ccc1Cl. The van der Waals surface area contributed by atoms with E-state index in [1.54, 1.807) is 37.3 Å². The van der Waals surface area contributed by atoms with Crippen LogP contribution >= 0.6 is 34.8 Å². The van der Waals surface area contributed by atoms with E-state index in [4.69, 9.17) is 34.8 Å². The zero-order valence-corrected chi connectivity index (χ0v) is 14.1. The highest BCUT2D eigenvalue weighted by atomic mass is 35.5. The van der Waals surface area contributed by atoms with Gasteiger partial charge in [-0.05, 0) is 49.4 Å². The summed E-state index contributed by atoms with van der Waals surface area (Å²) in [6, 6.07) is 10.9. The Morgan fingerprint density at radius 1 is 0.952 bits per heavy atom. The van der Waals surface area contributed by atoms with E-state index in [1.807, 2.05) is 0 Å². The first-order valence-electron chi connectivity index (χ1n) is 6.09. The average Bonchev–Trinajstić information content (AvgIpc) is 2.44. The van der Waals surface area contributed by atoms with Crippen molar-refractivity contribution in [1.29, 1.82) is 0 Å². The molecule has 0 aliphatic rings. The summed E-state index contributed by atoms with van der Waals surface area (Å²) in [5.41, 5.74) is 0.512. The third-order valence-corrected chi connectivity index (χ3v) is 5.73. The second-order valence-corrected chi connectivity index (χ2v) is 7.33. The highest BCUT2D eigenvalue weighted by molar-refractivity contribution is 7.93. The Labute approximate surface area is 139 Å². The Morgan fingerprint density at radius 3 is 2.10 bits per heavy atom. The Balaban J connectivity index is 2.54. The number of anilines is 1. The van der Waals surface area contributed by atoms with Crippen LogP contribution < -0.4 is 4.31 Å². The first-order chi connectivity index (χ1) is 9.86. The molecule has 0 unspecified atom stereocenters. The lowest BCUT2D eigenvalue weighted by Gasteiger charge is -2.23. The quantitative estimate of drug-likeness (QED) is 0.776. The summed E-state index contributed by atoms with van der Waals surface area (Å²) in [6.45, 7) is 2.00. The smallest absolute Gasteiger partial charge is 0.265 e. The predicted molar refractivity (Wildman–Crippen MR) is 88.1 cm³/mol. The standard InChI is InChI=1S/C14H12Cl3NO2S/c1-2-18(12-6-3-10(15)4-7-12)21(19,20)14-9-11(16)5-8-13(14)17/h3-9H,2H2,1H3. The molecule has 2 aromatic carbocycles. The van der Waals surface area contributed by atoms with Crippen LogP contribution in [0.1, 0.15) is 6.92 Å². The van der Waals surface area contributed by atoms with Crippen LogP contribution in [0.3, 0.4) is 0 Å². The van der Waals surface area contributed by atoms with Gasteiger partial charge in [0.25, 0.3) is 10.0 Å². The fourth-order valence-corrected chi connectivity index (χ4v) is 4.23. The van der Waals surface area contributed by atoms with E-state index in [9.17, 15) is 8.42 Å². The Morgan fingerprint density at radius 2 is 1.52 bits per heavy atom. The van der Waals surface area contributed by atoms with Crippen molar-refractivity contribution in [2.24, 2.45) is 0 Å². The normalized spacial score (nSPS) is 11.4. The molecule has 21 heavy (non-hydrogen) atoms. The van der Waals surface area contributed by atoms with Crippen LogP contribution in [0.5, 0.6) is 0 Å². The molecule has 2 rings (SSSR count). The molecule has 0 radical (unpaired) electrons. The lowest BCUT2D eigenvalue weighted by molar-refractivity contribution is 0.592. The molecule has 0 heterocycles. The van der Waals surface area contributed by atoms with Gasteiger partial charge in [-0.2, -0.15) is 0 Å². The number of hydrogen-bond donors (Lipinski definition) is 0. The molecule has 0 saturated heterocycles. The zero-order chi connectivity index (χ0) is 15.6. The fraction of sp³-hybridized carbons (Fsp3) is 0.143. The van der Waals surface area contributed by atoms with Gasteiger partial charge in [-0.15, -0.1) is 0 Å². The van der Waals surface area contributed by atoms with Gasteiger partial charge in [-0.3, -0.25) is 4.31 Å². The predicted octanol–water partition coefficient (Wildman–Crippen LogP) is 4.86. The molecule has 2 aromatic rings. The lowest BCUT2D eigenvalue weighted by atomic mass is 10.3. The van der Waals surface area contributed by atoms with E-state index in [1.165, 1.54) is 16.4 Å². The maximum Gasteiger partial charge on any atom is 0.265 e. The Kier molecular flexibility index (Phi) is 5.04. The summed E-state index contributed by atoms with van der Waals surface area (Å²) in [4.78, 5) is -0.0199. The van der Waals surface area contributed by atoms with Crippen LogP contribution in [0.15, 0.2) is 47.4 Å². The molecule has 0 saturated carbocycles. The third kappa shape index (κ3) is 3.46. The van der Waals surface area contributed by atoms with Gasteiger partial charge in [0.1, 0.15) is 4.90 Å². The van der Waals surface area contributed by atoms with Crippen LogP contribution in [0.2, 0.25) is 15.1 Å². The highest BCUT2D eigenvalue weighted by Crippen LogP contribution is 2.30.